The van der Waals surface area contributed by atoms with Gasteiger partial charge < -0.3 is 14.6 Å². The molecule has 1 aliphatic heterocycles. The van der Waals surface area contributed by atoms with Crippen LogP contribution in [0.2, 0.25) is 0 Å². The topological polar surface area (TPSA) is 64.4 Å². The number of hydrogen-bond donors (Lipinski definition) is 1. The highest BCUT2D eigenvalue weighted by atomic mass is 16.5. The van der Waals surface area contributed by atoms with Gasteiger partial charge in [0.15, 0.2) is 0 Å². The van der Waals surface area contributed by atoms with Gasteiger partial charge in [0.1, 0.15) is 23.8 Å². The monoisotopic (exact) mass is 314 g/mol. The molecule has 0 radical (unpaired) electrons. The summed E-state index contributed by atoms with van der Waals surface area (Å²) in [7, 11) is 0. The summed E-state index contributed by atoms with van der Waals surface area (Å²) < 4.78 is 10.9. The molecule has 1 amide bonds. The van der Waals surface area contributed by atoms with Crippen LogP contribution in [-0.4, -0.2) is 17.7 Å². The highest BCUT2D eigenvalue weighted by Gasteiger charge is 2.25. The molecule has 1 N–H and O–H groups in total. The van der Waals surface area contributed by atoms with E-state index < -0.39 is 0 Å². The van der Waals surface area contributed by atoms with Gasteiger partial charge in [-0.2, -0.15) is 0 Å². The second-order valence-electron chi connectivity index (χ2n) is 6.42. The predicted molar refractivity (Wildman–Crippen MR) is 86.0 cm³/mol. The van der Waals surface area contributed by atoms with E-state index in [-0.39, 0.29) is 11.8 Å². The van der Waals surface area contributed by atoms with Gasteiger partial charge >= 0.3 is 0 Å². The third-order valence-electron chi connectivity index (χ3n) is 3.91. The first-order chi connectivity index (χ1) is 11.1. The molecule has 2 heterocycles. The first-order valence-electron chi connectivity index (χ1n) is 8.04. The van der Waals surface area contributed by atoms with Gasteiger partial charge in [0.2, 0.25) is 5.91 Å². The first-order valence-corrected chi connectivity index (χ1v) is 8.04. The Morgan fingerprint density at radius 3 is 3.04 bits per heavy atom. The van der Waals surface area contributed by atoms with Gasteiger partial charge in [-0.15, -0.1) is 0 Å². The van der Waals surface area contributed by atoms with Crippen LogP contribution in [0.15, 0.2) is 34.9 Å². The molecule has 0 saturated heterocycles. The molecule has 5 heteroatoms. The predicted octanol–water partition coefficient (Wildman–Crippen LogP) is 2.74. The fraction of sp³-hybridized carbons (Fsp3) is 0.444. The van der Waals surface area contributed by atoms with Crippen molar-refractivity contribution < 1.29 is 14.1 Å². The average Bonchev–Trinajstić information content (AvgIpc) is 2.98. The van der Waals surface area contributed by atoms with Gasteiger partial charge in [-0.05, 0) is 24.0 Å². The van der Waals surface area contributed by atoms with Crippen molar-refractivity contribution in [1.82, 2.24) is 10.5 Å². The summed E-state index contributed by atoms with van der Waals surface area (Å²) in [6, 6.07) is 9.76. The molecule has 2 aromatic rings. The van der Waals surface area contributed by atoms with Crippen LogP contribution < -0.4 is 10.1 Å². The number of amides is 1. The van der Waals surface area contributed by atoms with Crippen molar-refractivity contribution >= 4 is 5.91 Å². The number of para-hydroxylation sites is 1. The van der Waals surface area contributed by atoms with E-state index >= 15 is 0 Å². The SMILES string of the molecule is CC(C)Cc1cc(CNC(=O)[C@@H]2COc3ccccc3C2)no1. The highest BCUT2D eigenvalue weighted by molar-refractivity contribution is 5.79. The number of fused-ring (bicyclic) bond motifs is 1. The number of nitrogens with zero attached hydrogens (tertiary/aromatic N) is 1. The Balaban J connectivity index is 1.53. The van der Waals surface area contributed by atoms with E-state index in [0.717, 1.165) is 29.2 Å². The van der Waals surface area contributed by atoms with Gasteiger partial charge in [-0.25, -0.2) is 0 Å². The van der Waals surface area contributed by atoms with Crippen LogP contribution in [0.1, 0.15) is 30.9 Å². The molecule has 122 valence electrons. The van der Waals surface area contributed by atoms with Crippen LogP contribution in [-0.2, 0) is 24.2 Å². The summed E-state index contributed by atoms with van der Waals surface area (Å²) in [6.45, 7) is 5.06. The molecule has 23 heavy (non-hydrogen) atoms. The number of aromatic nitrogens is 1. The lowest BCUT2D eigenvalue weighted by Crippen LogP contribution is -2.37. The molecular weight excluding hydrogens is 292 g/mol. The molecular formula is C18H22N2O3. The number of ether oxygens (including phenoxy) is 1. The summed E-state index contributed by atoms with van der Waals surface area (Å²) in [6.07, 6.45) is 1.56. The lowest BCUT2D eigenvalue weighted by Gasteiger charge is -2.24. The van der Waals surface area contributed by atoms with Gasteiger partial charge in [-0.1, -0.05) is 37.2 Å². The van der Waals surface area contributed by atoms with Crippen LogP contribution in [0.5, 0.6) is 5.75 Å². The smallest absolute Gasteiger partial charge is 0.227 e. The van der Waals surface area contributed by atoms with E-state index in [2.05, 4.69) is 24.3 Å². The maximum Gasteiger partial charge on any atom is 0.227 e. The van der Waals surface area contributed by atoms with E-state index in [1.807, 2.05) is 30.3 Å². The van der Waals surface area contributed by atoms with E-state index in [1.54, 1.807) is 0 Å². The zero-order chi connectivity index (χ0) is 16.2. The molecule has 0 bridgehead atoms. The Kier molecular flexibility index (Phi) is 4.65. The third-order valence-corrected chi connectivity index (χ3v) is 3.91. The van der Waals surface area contributed by atoms with Crippen molar-refractivity contribution in [3.8, 4) is 5.75 Å². The Bertz CT molecular complexity index is 678. The van der Waals surface area contributed by atoms with E-state index in [1.165, 1.54) is 0 Å². The first kappa shape index (κ1) is 15.6. The molecule has 1 aliphatic rings. The minimum absolute atomic E-state index is 0.00656. The van der Waals surface area contributed by atoms with Gasteiger partial charge in [0.05, 0.1) is 12.5 Å². The number of carbonyl (C=O) groups excluding carboxylic acids is 1. The lowest BCUT2D eigenvalue weighted by molar-refractivity contribution is -0.126. The second kappa shape index (κ2) is 6.86. The standard InChI is InChI=1S/C18H22N2O3/c1-12(2)7-16-9-15(20-23-16)10-19-18(21)14-8-13-5-3-4-6-17(13)22-11-14/h3-6,9,12,14H,7-8,10-11H2,1-2H3,(H,19,21)/t14-/m0/s1. The van der Waals surface area contributed by atoms with Crippen LogP contribution in [0.4, 0.5) is 0 Å². The van der Waals surface area contributed by atoms with Crippen molar-refractivity contribution in [2.75, 3.05) is 6.61 Å². The zero-order valence-corrected chi connectivity index (χ0v) is 13.5. The summed E-state index contributed by atoms with van der Waals surface area (Å²) in [5, 5.41) is 6.93. The van der Waals surface area contributed by atoms with E-state index in [4.69, 9.17) is 9.26 Å². The lowest BCUT2D eigenvalue weighted by atomic mass is 9.96. The summed E-state index contributed by atoms with van der Waals surface area (Å²) in [5.74, 6) is 2.09. The average molecular weight is 314 g/mol. The molecule has 0 spiro atoms. The maximum atomic E-state index is 12.3. The fourth-order valence-corrected chi connectivity index (χ4v) is 2.76. The van der Waals surface area contributed by atoms with Crippen molar-refractivity contribution in [2.45, 2.75) is 33.2 Å². The summed E-state index contributed by atoms with van der Waals surface area (Å²) in [5.41, 5.74) is 1.84. The fourth-order valence-electron chi connectivity index (χ4n) is 2.76. The van der Waals surface area contributed by atoms with E-state index in [9.17, 15) is 4.79 Å². The number of carbonyl (C=O) groups is 1. The van der Waals surface area contributed by atoms with Gasteiger partial charge in [-0.3, -0.25) is 4.79 Å². The molecule has 5 nitrogen and oxygen atoms in total. The van der Waals surface area contributed by atoms with Crippen LogP contribution in [0.3, 0.4) is 0 Å². The molecule has 3 rings (SSSR count). The normalized spacial score (nSPS) is 16.7. The maximum absolute atomic E-state index is 12.3. The number of nitrogens with one attached hydrogen (secondary N) is 1. The Morgan fingerprint density at radius 2 is 2.22 bits per heavy atom. The van der Waals surface area contributed by atoms with E-state index in [0.29, 0.717) is 25.5 Å². The van der Waals surface area contributed by atoms with Crippen molar-refractivity contribution in [1.29, 1.82) is 0 Å². The van der Waals surface area contributed by atoms with Crippen molar-refractivity contribution in [2.24, 2.45) is 11.8 Å². The minimum Gasteiger partial charge on any atom is -0.492 e. The van der Waals surface area contributed by atoms with Gasteiger partial charge in [0, 0.05) is 12.5 Å². The minimum atomic E-state index is -0.160. The number of hydrogen-bond acceptors (Lipinski definition) is 4. The molecule has 1 atom stereocenters. The molecule has 0 saturated carbocycles. The van der Waals surface area contributed by atoms with Crippen molar-refractivity contribution in [3.63, 3.8) is 0 Å². The second-order valence-corrected chi connectivity index (χ2v) is 6.42. The number of benzene rings is 1. The largest absolute Gasteiger partial charge is 0.492 e. The van der Waals surface area contributed by atoms with Gasteiger partial charge in [0.25, 0.3) is 0 Å². The van der Waals surface area contributed by atoms with Crippen LogP contribution >= 0.6 is 0 Å². The Labute approximate surface area is 136 Å². The van der Waals surface area contributed by atoms with Crippen LogP contribution in [0.25, 0.3) is 0 Å². The zero-order valence-electron chi connectivity index (χ0n) is 13.5. The summed E-state index contributed by atoms with van der Waals surface area (Å²) in [4.78, 5) is 12.3. The highest BCUT2D eigenvalue weighted by Crippen LogP contribution is 2.26. The molecule has 1 aromatic heterocycles. The molecule has 0 fully saturated rings. The molecule has 0 aliphatic carbocycles. The molecule has 1 aromatic carbocycles. The molecule has 0 unspecified atom stereocenters. The quantitative estimate of drug-likeness (QED) is 0.921. The van der Waals surface area contributed by atoms with Crippen LogP contribution in [0, 0.1) is 11.8 Å². The summed E-state index contributed by atoms with van der Waals surface area (Å²) >= 11 is 0. The third kappa shape index (κ3) is 3.92. The van der Waals surface area contributed by atoms with Crippen molar-refractivity contribution in [3.05, 3.63) is 47.3 Å². The Hall–Kier alpha value is -2.30. The Morgan fingerprint density at radius 1 is 1.39 bits per heavy atom. The number of rotatable bonds is 5.